The first-order valence-electron chi connectivity index (χ1n) is 8.32. The Hall–Kier alpha value is -1.56. The summed E-state index contributed by atoms with van der Waals surface area (Å²) in [5.41, 5.74) is 0.783. The van der Waals surface area contributed by atoms with Crippen LogP contribution in [0.4, 0.5) is 0 Å². The van der Waals surface area contributed by atoms with Crippen LogP contribution in [0, 0.1) is 0 Å². The molecule has 0 aromatic rings. The Morgan fingerprint density at radius 2 is 1.82 bits per heavy atom. The molecule has 6 nitrogen and oxygen atoms in total. The van der Waals surface area contributed by atoms with Crippen molar-refractivity contribution in [2.75, 3.05) is 39.4 Å². The van der Waals surface area contributed by atoms with Crippen LogP contribution in [0.1, 0.15) is 32.6 Å². The summed E-state index contributed by atoms with van der Waals surface area (Å²) in [6, 6.07) is 0. The Labute approximate surface area is 131 Å². The molecule has 3 heterocycles. The maximum absolute atomic E-state index is 12.9. The van der Waals surface area contributed by atoms with E-state index >= 15 is 0 Å². The van der Waals surface area contributed by atoms with E-state index in [-0.39, 0.29) is 18.0 Å². The Morgan fingerprint density at radius 1 is 1.05 bits per heavy atom. The number of rotatable bonds is 3. The third-order valence-corrected chi connectivity index (χ3v) is 4.80. The van der Waals surface area contributed by atoms with E-state index in [0.29, 0.717) is 26.2 Å². The van der Waals surface area contributed by atoms with Crippen LogP contribution in [0.2, 0.25) is 0 Å². The molecular formula is C16H25N3O3. The Morgan fingerprint density at radius 3 is 2.55 bits per heavy atom. The number of carbonyl (C=O) groups excluding carboxylic acids is 2. The second kappa shape index (κ2) is 6.69. The predicted molar refractivity (Wildman–Crippen MR) is 81.8 cm³/mol. The van der Waals surface area contributed by atoms with Crippen LogP contribution < -0.4 is 0 Å². The minimum atomic E-state index is -0.148. The van der Waals surface area contributed by atoms with Gasteiger partial charge in [-0.1, -0.05) is 6.08 Å². The van der Waals surface area contributed by atoms with Crippen molar-refractivity contribution in [2.45, 2.75) is 38.8 Å². The van der Waals surface area contributed by atoms with E-state index in [1.54, 1.807) is 0 Å². The fourth-order valence-corrected chi connectivity index (χ4v) is 3.49. The number of hydrogen-bond donors (Lipinski definition) is 0. The Kier molecular flexibility index (Phi) is 4.66. The number of nitrogens with zero attached hydrogens (tertiary/aromatic N) is 3. The standard InChI is InChI=1S/C16H25N3O3/c1-13(18-7-3-2-6-15(18)20)19-8-4-5-14(16(19)21)17-9-11-22-12-10-17/h5,13H,2-4,6-12H2,1H3. The van der Waals surface area contributed by atoms with Gasteiger partial charge >= 0.3 is 0 Å². The van der Waals surface area contributed by atoms with Crippen molar-refractivity contribution in [3.05, 3.63) is 11.8 Å². The molecule has 0 aliphatic carbocycles. The van der Waals surface area contributed by atoms with Gasteiger partial charge in [0.05, 0.1) is 18.9 Å². The van der Waals surface area contributed by atoms with Crippen molar-refractivity contribution in [2.24, 2.45) is 0 Å². The summed E-state index contributed by atoms with van der Waals surface area (Å²) in [6.45, 7) is 6.31. The molecule has 1 atom stereocenters. The molecule has 0 aromatic carbocycles. The molecule has 22 heavy (non-hydrogen) atoms. The van der Waals surface area contributed by atoms with Gasteiger partial charge in [-0.3, -0.25) is 9.59 Å². The van der Waals surface area contributed by atoms with Gasteiger partial charge in [-0.2, -0.15) is 0 Å². The van der Waals surface area contributed by atoms with Crippen molar-refractivity contribution in [3.63, 3.8) is 0 Å². The predicted octanol–water partition coefficient (Wildman–Crippen LogP) is 0.793. The molecule has 0 spiro atoms. The zero-order valence-electron chi connectivity index (χ0n) is 13.3. The fourth-order valence-electron chi connectivity index (χ4n) is 3.49. The summed E-state index contributed by atoms with van der Waals surface area (Å²) in [5, 5.41) is 0. The number of ether oxygens (including phenoxy) is 1. The van der Waals surface area contributed by atoms with Crippen LogP contribution in [-0.4, -0.2) is 72.1 Å². The molecule has 0 saturated carbocycles. The van der Waals surface area contributed by atoms with Crippen LogP contribution in [0.5, 0.6) is 0 Å². The first kappa shape index (κ1) is 15.3. The van der Waals surface area contributed by atoms with Gasteiger partial charge in [-0.05, 0) is 26.2 Å². The molecule has 0 radical (unpaired) electrons. The molecule has 3 aliphatic rings. The topological polar surface area (TPSA) is 53.1 Å². The number of piperidine rings is 1. The van der Waals surface area contributed by atoms with Gasteiger partial charge in [0.1, 0.15) is 6.17 Å². The molecule has 3 rings (SSSR count). The van der Waals surface area contributed by atoms with E-state index in [1.165, 1.54) is 0 Å². The van der Waals surface area contributed by atoms with Crippen LogP contribution in [0.3, 0.4) is 0 Å². The van der Waals surface area contributed by atoms with Crippen molar-refractivity contribution in [1.29, 1.82) is 0 Å². The molecular weight excluding hydrogens is 282 g/mol. The zero-order valence-corrected chi connectivity index (χ0v) is 13.3. The smallest absolute Gasteiger partial charge is 0.271 e. The summed E-state index contributed by atoms with van der Waals surface area (Å²) < 4.78 is 5.36. The minimum absolute atomic E-state index is 0.0547. The monoisotopic (exact) mass is 307 g/mol. The van der Waals surface area contributed by atoms with Crippen molar-refractivity contribution in [1.82, 2.24) is 14.7 Å². The molecule has 0 bridgehead atoms. The number of carbonyl (C=O) groups is 2. The third kappa shape index (κ3) is 2.97. The molecule has 1 unspecified atom stereocenters. The zero-order chi connectivity index (χ0) is 15.5. The highest BCUT2D eigenvalue weighted by atomic mass is 16.5. The minimum Gasteiger partial charge on any atom is -0.378 e. The highest BCUT2D eigenvalue weighted by molar-refractivity contribution is 5.94. The van der Waals surface area contributed by atoms with Gasteiger partial charge in [0.25, 0.3) is 5.91 Å². The molecule has 2 saturated heterocycles. The molecule has 122 valence electrons. The van der Waals surface area contributed by atoms with E-state index in [9.17, 15) is 9.59 Å². The maximum Gasteiger partial charge on any atom is 0.271 e. The van der Waals surface area contributed by atoms with E-state index in [2.05, 4.69) is 4.90 Å². The molecule has 6 heteroatoms. The first-order valence-corrected chi connectivity index (χ1v) is 8.32. The average molecular weight is 307 g/mol. The lowest BCUT2D eigenvalue weighted by Crippen LogP contribution is -2.56. The summed E-state index contributed by atoms with van der Waals surface area (Å²) in [7, 11) is 0. The second-order valence-electron chi connectivity index (χ2n) is 6.15. The van der Waals surface area contributed by atoms with Gasteiger partial charge in [0, 0.05) is 32.6 Å². The van der Waals surface area contributed by atoms with Crippen molar-refractivity contribution in [3.8, 4) is 0 Å². The average Bonchev–Trinajstić information content (AvgIpc) is 2.56. The summed E-state index contributed by atoms with van der Waals surface area (Å²) in [5.74, 6) is 0.230. The Bertz CT molecular complexity index is 471. The van der Waals surface area contributed by atoms with Gasteiger partial charge < -0.3 is 19.4 Å². The van der Waals surface area contributed by atoms with Gasteiger partial charge in [0.2, 0.25) is 5.91 Å². The van der Waals surface area contributed by atoms with Crippen LogP contribution in [0.25, 0.3) is 0 Å². The third-order valence-electron chi connectivity index (χ3n) is 4.80. The lowest BCUT2D eigenvalue weighted by molar-refractivity contribution is -0.146. The lowest BCUT2D eigenvalue weighted by atomic mass is 10.1. The first-order chi connectivity index (χ1) is 10.7. The maximum atomic E-state index is 12.9. The van der Waals surface area contributed by atoms with E-state index < -0.39 is 0 Å². The molecule has 0 N–H and O–H groups in total. The quantitative estimate of drug-likeness (QED) is 0.774. The van der Waals surface area contributed by atoms with Crippen LogP contribution >= 0.6 is 0 Å². The highest BCUT2D eigenvalue weighted by Crippen LogP contribution is 2.22. The largest absolute Gasteiger partial charge is 0.378 e. The highest BCUT2D eigenvalue weighted by Gasteiger charge is 2.34. The molecule has 3 aliphatic heterocycles. The van der Waals surface area contributed by atoms with Crippen molar-refractivity contribution >= 4 is 11.8 Å². The number of likely N-dealkylation sites (tertiary alicyclic amines) is 1. The number of amides is 2. The second-order valence-corrected chi connectivity index (χ2v) is 6.15. The lowest BCUT2D eigenvalue weighted by Gasteiger charge is -2.42. The van der Waals surface area contributed by atoms with Gasteiger partial charge in [-0.25, -0.2) is 0 Å². The number of morpholine rings is 1. The Balaban J connectivity index is 1.70. The fraction of sp³-hybridized carbons (Fsp3) is 0.750. The number of hydrogen-bond acceptors (Lipinski definition) is 4. The van der Waals surface area contributed by atoms with Gasteiger partial charge in [-0.15, -0.1) is 0 Å². The summed E-state index contributed by atoms with van der Waals surface area (Å²) >= 11 is 0. The van der Waals surface area contributed by atoms with E-state index in [0.717, 1.165) is 44.6 Å². The summed E-state index contributed by atoms with van der Waals surface area (Å²) in [4.78, 5) is 30.8. The molecule has 2 fully saturated rings. The molecule has 0 aromatic heterocycles. The molecule has 2 amide bonds. The van der Waals surface area contributed by atoms with Crippen molar-refractivity contribution < 1.29 is 14.3 Å². The van der Waals surface area contributed by atoms with Gasteiger partial charge in [0.15, 0.2) is 0 Å². The SMILES string of the molecule is CC(N1CCCCC1=O)N1CCC=C(N2CCOCC2)C1=O. The van der Waals surface area contributed by atoms with Crippen LogP contribution in [-0.2, 0) is 14.3 Å². The normalized spacial score (nSPS) is 25.3. The van der Waals surface area contributed by atoms with E-state index in [1.807, 2.05) is 22.8 Å². The summed E-state index contributed by atoms with van der Waals surface area (Å²) in [6.07, 6.45) is 5.35. The van der Waals surface area contributed by atoms with E-state index in [4.69, 9.17) is 4.74 Å². The van der Waals surface area contributed by atoms with Crippen LogP contribution in [0.15, 0.2) is 11.8 Å².